The van der Waals surface area contributed by atoms with Crippen LogP contribution in [-0.2, 0) is 16.0 Å². The number of ether oxygens (including phenoxy) is 1. The molecule has 0 saturated heterocycles. The minimum Gasteiger partial charge on any atom is -0.381 e. The van der Waals surface area contributed by atoms with Crippen LogP contribution < -0.4 is 5.32 Å². The summed E-state index contributed by atoms with van der Waals surface area (Å²) in [6.45, 7) is 6.32. The molecule has 6 heteroatoms. The maximum absolute atomic E-state index is 11.9. The lowest BCUT2D eigenvalue weighted by atomic mass is 10.2. The molecule has 0 aliphatic carbocycles. The molecule has 2 heterocycles. The van der Waals surface area contributed by atoms with Gasteiger partial charge in [0, 0.05) is 43.1 Å². The number of nitrogens with zero attached hydrogens (tertiary/aromatic N) is 2. The van der Waals surface area contributed by atoms with E-state index in [1.807, 2.05) is 17.5 Å². The summed E-state index contributed by atoms with van der Waals surface area (Å²) in [5.41, 5.74) is 1.77. The van der Waals surface area contributed by atoms with Gasteiger partial charge >= 0.3 is 0 Å². The molecule has 2 aromatic heterocycles. The Morgan fingerprint density at radius 1 is 1.43 bits per heavy atom. The van der Waals surface area contributed by atoms with Gasteiger partial charge in [-0.3, -0.25) is 9.78 Å². The number of rotatable bonds is 9. The Morgan fingerprint density at radius 3 is 3.04 bits per heavy atom. The van der Waals surface area contributed by atoms with Crippen LogP contribution in [-0.4, -0.2) is 35.6 Å². The molecule has 23 heavy (non-hydrogen) atoms. The van der Waals surface area contributed by atoms with Gasteiger partial charge in [-0.1, -0.05) is 13.8 Å². The van der Waals surface area contributed by atoms with Crippen LogP contribution in [0.5, 0.6) is 0 Å². The smallest absolute Gasteiger partial charge is 0.226 e. The minimum absolute atomic E-state index is 0.00287. The van der Waals surface area contributed by atoms with E-state index in [0.717, 1.165) is 29.3 Å². The zero-order chi connectivity index (χ0) is 16.5. The van der Waals surface area contributed by atoms with Gasteiger partial charge in [-0.15, -0.1) is 11.3 Å². The van der Waals surface area contributed by atoms with E-state index >= 15 is 0 Å². The molecule has 1 amide bonds. The maximum Gasteiger partial charge on any atom is 0.226 e. The number of nitrogens with one attached hydrogen (secondary N) is 1. The molecular weight excluding hydrogens is 310 g/mol. The molecule has 0 spiro atoms. The van der Waals surface area contributed by atoms with Crippen LogP contribution in [0.1, 0.15) is 26.0 Å². The summed E-state index contributed by atoms with van der Waals surface area (Å²) >= 11 is 1.53. The fraction of sp³-hybridized carbons (Fsp3) is 0.471. The molecule has 0 saturated carbocycles. The molecule has 1 N–H and O–H groups in total. The van der Waals surface area contributed by atoms with E-state index in [0.29, 0.717) is 25.5 Å². The second-order valence-electron chi connectivity index (χ2n) is 5.73. The Labute approximate surface area is 141 Å². The summed E-state index contributed by atoms with van der Waals surface area (Å²) < 4.78 is 5.48. The van der Waals surface area contributed by atoms with Gasteiger partial charge in [0.25, 0.3) is 0 Å². The summed E-state index contributed by atoms with van der Waals surface area (Å²) in [6.07, 6.45) is 4.65. The first-order chi connectivity index (χ1) is 11.1. The van der Waals surface area contributed by atoms with Crippen molar-refractivity contribution < 1.29 is 9.53 Å². The molecule has 0 unspecified atom stereocenters. The van der Waals surface area contributed by atoms with Crippen LogP contribution in [0.15, 0.2) is 29.9 Å². The van der Waals surface area contributed by atoms with Gasteiger partial charge in [-0.05, 0) is 24.5 Å². The quantitative estimate of drug-likeness (QED) is 0.717. The largest absolute Gasteiger partial charge is 0.381 e. The van der Waals surface area contributed by atoms with Gasteiger partial charge in [0.2, 0.25) is 5.91 Å². The molecular formula is C17H23N3O2S. The highest BCUT2D eigenvalue weighted by Gasteiger charge is 2.08. The maximum atomic E-state index is 11.9. The Hall–Kier alpha value is -1.79. The van der Waals surface area contributed by atoms with Crippen LogP contribution in [0, 0.1) is 5.92 Å². The Morgan fingerprint density at radius 2 is 2.30 bits per heavy atom. The monoisotopic (exact) mass is 333 g/mol. The van der Waals surface area contributed by atoms with Gasteiger partial charge in [0.05, 0.1) is 12.1 Å². The van der Waals surface area contributed by atoms with Crippen molar-refractivity contribution in [3.63, 3.8) is 0 Å². The number of hydrogen-bond donors (Lipinski definition) is 1. The number of carbonyl (C=O) groups excluding carboxylic acids is 1. The van der Waals surface area contributed by atoms with E-state index in [4.69, 9.17) is 4.74 Å². The van der Waals surface area contributed by atoms with Crippen molar-refractivity contribution in [2.24, 2.45) is 5.92 Å². The van der Waals surface area contributed by atoms with Crippen LogP contribution in [0.3, 0.4) is 0 Å². The third-order valence-corrected chi connectivity index (χ3v) is 3.98. The highest BCUT2D eigenvalue weighted by molar-refractivity contribution is 7.13. The SMILES string of the molecule is CC(C)COCCCNC(=O)Cc1csc(-c2cccnc2)n1. The third-order valence-electron chi connectivity index (χ3n) is 3.04. The fourth-order valence-electron chi connectivity index (χ4n) is 1.96. The molecule has 0 fully saturated rings. The highest BCUT2D eigenvalue weighted by atomic mass is 32.1. The second kappa shape index (κ2) is 9.37. The van der Waals surface area contributed by atoms with Gasteiger partial charge in [-0.25, -0.2) is 4.98 Å². The Bertz CT molecular complexity index is 599. The van der Waals surface area contributed by atoms with E-state index in [9.17, 15) is 4.79 Å². The number of thiazole rings is 1. The van der Waals surface area contributed by atoms with E-state index in [2.05, 4.69) is 29.1 Å². The van der Waals surface area contributed by atoms with Gasteiger partial charge in [0.1, 0.15) is 5.01 Å². The molecule has 0 radical (unpaired) electrons. The van der Waals surface area contributed by atoms with E-state index in [-0.39, 0.29) is 5.91 Å². The minimum atomic E-state index is -0.00287. The first kappa shape index (κ1) is 17.6. The van der Waals surface area contributed by atoms with Crippen molar-refractivity contribution in [2.45, 2.75) is 26.7 Å². The van der Waals surface area contributed by atoms with Crippen molar-refractivity contribution >= 4 is 17.2 Å². The van der Waals surface area contributed by atoms with Gasteiger partial charge in [0.15, 0.2) is 0 Å². The normalized spacial score (nSPS) is 10.9. The highest BCUT2D eigenvalue weighted by Crippen LogP contribution is 2.22. The lowest BCUT2D eigenvalue weighted by molar-refractivity contribution is -0.120. The first-order valence-corrected chi connectivity index (χ1v) is 8.72. The van der Waals surface area contributed by atoms with Gasteiger partial charge in [-0.2, -0.15) is 0 Å². The summed E-state index contributed by atoms with van der Waals surface area (Å²) in [7, 11) is 0. The van der Waals surface area contributed by atoms with Crippen LogP contribution in [0.25, 0.3) is 10.6 Å². The molecule has 0 aliphatic heterocycles. The average Bonchev–Trinajstić information content (AvgIpc) is 3.00. The van der Waals surface area contributed by atoms with Crippen molar-refractivity contribution in [1.82, 2.24) is 15.3 Å². The summed E-state index contributed by atoms with van der Waals surface area (Å²) in [5.74, 6) is 0.542. The molecule has 2 aromatic rings. The lowest BCUT2D eigenvalue weighted by Crippen LogP contribution is -2.27. The molecule has 0 aromatic carbocycles. The fourth-order valence-corrected chi connectivity index (χ4v) is 2.77. The molecule has 0 aliphatic rings. The van der Waals surface area contributed by atoms with Crippen LogP contribution in [0.4, 0.5) is 0 Å². The Balaban J connectivity index is 1.69. The second-order valence-corrected chi connectivity index (χ2v) is 6.59. The molecule has 0 atom stereocenters. The van der Waals surface area contributed by atoms with E-state index in [1.54, 1.807) is 12.4 Å². The topological polar surface area (TPSA) is 64.1 Å². The van der Waals surface area contributed by atoms with Crippen molar-refractivity contribution in [2.75, 3.05) is 19.8 Å². The summed E-state index contributed by atoms with van der Waals surface area (Å²) in [5, 5.41) is 5.72. The lowest BCUT2D eigenvalue weighted by Gasteiger charge is -2.07. The predicted molar refractivity (Wildman–Crippen MR) is 92.3 cm³/mol. The third kappa shape index (κ3) is 6.46. The molecule has 0 bridgehead atoms. The van der Waals surface area contributed by atoms with Crippen molar-refractivity contribution in [3.05, 3.63) is 35.6 Å². The number of pyridine rings is 1. The standard InChI is InChI=1S/C17H23N3O2S/c1-13(2)11-22-8-4-7-19-16(21)9-15-12-23-17(20-15)14-5-3-6-18-10-14/h3,5-6,10,12-13H,4,7-9,11H2,1-2H3,(H,19,21). The zero-order valence-electron chi connectivity index (χ0n) is 13.6. The van der Waals surface area contributed by atoms with E-state index < -0.39 is 0 Å². The molecule has 124 valence electrons. The zero-order valence-corrected chi connectivity index (χ0v) is 14.4. The summed E-state index contributed by atoms with van der Waals surface area (Å²) in [6, 6.07) is 3.84. The van der Waals surface area contributed by atoms with Crippen LogP contribution in [0.2, 0.25) is 0 Å². The van der Waals surface area contributed by atoms with Crippen molar-refractivity contribution in [3.8, 4) is 10.6 Å². The number of carbonyl (C=O) groups is 1. The predicted octanol–water partition coefficient (Wildman–Crippen LogP) is 2.93. The number of amides is 1. The average molecular weight is 333 g/mol. The number of aromatic nitrogens is 2. The first-order valence-electron chi connectivity index (χ1n) is 7.84. The Kier molecular flexibility index (Phi) is 7.16. The van der Waals surface area contributed by atoms with E-state index in [1.165, 1.54) is 11.3 Å². The molecule has 5 nitrogen and oxygen atoms in total. The van der Waals surface area contributed by atoms with Crippen molar-refractivity contribution in [1.29, 1.82) is 0 Å². The molecule has 2 rings (SSSR count). The van der Waals surface area contributed by atoms with Gasteiger partial charge < -0.3 is 10.1 Å². The summed E-state index contributed by atoms with van der Waals surface area (Å²) in [4.78, 5) is 20.5. The number of hydrogen-bond acceptors (Lipinski definition) is 5. The van der Waals surface area contributed by atoms with Crippen LogP contribution >= 0.6 is 11.3 Å².